The first kappa shape index (κ1) is 26.9. The van der Waals surface area contributed by atoms with Crippen molar-refractivity contribution in [2.45, 2.75) is 166 Å². The first-order valence-corrected chi connectivity index (χ1v) is 15.4. The number of hydrogen-bond donors (Lipinski definition) is 0. The van der Waals surface area contributed by atoms with Crippen molar-refractivity contribution in [3.63, 3.8) is 0 Å². The second kappa shape index (κ2) is 11.9. The van der Waals surface area contributed by atoms with Crippen LogP contribution in [0.5, 0.6) is 0 Å². The second-order valence-electron chi connectivity index (χ2n) is 13.1. The lowest BCUT2D eigenvalue weighted by atomic mass is 9.63. The Labute approximate surface area is 209 Å². The number of halogens is 2. The molecule has 1 spiro atoms. The minimum Gasteiger partial charge on any atom is -0.356 e. The van der Waals surface area contributed by atoms with Gasteiger partial charge in [0.25, 0.3) is 0 Å². The maximum absolute atomic E-state index is 15.5. The summed E-state index contributed by atoms with van der Waals surface area (Å²) in [4.78, 5) is 0. The molecule has 3 saturated carbocycles. The Morgan fingerprint density at radius 3 is 1.71 bits per heavy atom. The molecule has 0 aromatic heterocycles. The van der Waals surface area contributed by atoms with Gasteiger partial charge in [0.15, 0.2) is 5.60 Å². The van der Waals surface area contributed by atoms with Gasteiger partial charge in [-0.05, 0) is 94.3 Å². The Balaban J connectivity index is 1.20. The van der Waals surface area contributed by atoms with Gasteiger partial charge in [0.05, 0.1) is 0 Å². The molecule has 3 atom stereocenters. The summed E-state index contributed by atoms with van der Waals surface area (Å²) in [5, 5.41) is 0. The molecular formula is C31H54F2O. The van der Waals surface area contributed by atoms with Gasteiger partial charge in [0.2, 0.25) is 0 Å². The van der Waals surface area contributed by atoms with Gasteiger partial charge in [-0.25, -0.2) is 8.78 Å². The van der Waals surface area contributed by atoms with E-state index in [1.165, 1.54) is 89.9 Å². The van der Waals surface area contributed by atoms with Crippen LogP contribution in [0.15, 0.2) is 0 Å². The van der Waals surface area contributed by atoms with E-state index in [2.05, 4.69) is 13.8 Å². The maximum Gasteiger partial charge on any atom is 0.159 e. The smallest absolute Gasteiger partial charge is 0.159 e. The number of rotatable bonds is 11. The largest absolute Gasteiger partial charge is 0.356 e. The monoisotopic (exact) mass is 480 g/mol. The van der Waals surface area contributed by atoms with Crippen molar-refractivity contribution >= 4 is 0 Å². The molecule has 1 nitrogen and oxygen atoms in total. The summed E-state index contributed by atoms with van der Waals surface area (Å²) in [7, 11) is 0. The zero-order valence-electron chi connectivity index (χ0n) is 22.6. The van der Waals surface area contributed by atoms with Crippen LogP contribution < -0.4 is 0 Å². The van der Waals surface area contributed by atoms with Crippen LogP contribution in [0.3, 0.4) is 0 Å². The van der Waals surface area contributed by atoms with Crippen LogP contribution in [-0.4, -0.2) is 23.5 Å². The third-order valence-electron chi connectivity index (χ3n) is 10.9. The van der Waals surface area contributed by atoms with E-state index in [0.717, 1.165) is 37.0 Å². The van der Waals surface area contributed by atoms with Crippen molar-refractivity contribution in [1.82, 2.24) is 0 Å². The minimum absolute atomic E-state index is 0.222. The van der Waals surface area contributed by atoms with Crippen LogP contribution in [0.25, 0.3) is 0 Å². The maximum atomic E-state index is 15.5. The van der Waals surface area contributed by atoms with Crippen molar-refractivity contribution in [3.05, 3.63) is 0 Å². The Hall–Kier alpha value is -0.180. The van der Waals surface area contributed by atoms with Gasteiger partial charge in [0, 0.05) is 0 Å². The molecule has 4 fully saturated rings. The first-order chi connectivity index (χ1) is 16.4. The van der Waals surface area contributed by atoms with Crippen LogP contribution in [0.4, 0.5) is 8.78 Å². The molecule has 0 N–H and O–H groups in total. The molecular weight excluding hydrogens is 426 g/mol. The van der Waals surface area contributed by atoms with Crippen molar-refractivity contribution in [2.24, 2.45) is 29.6 Å². The van der Waals surface area contributed by atoms with Crippen molar-refractivity contribution < 1.29 is 13.5 Å². The van der Waals surface area contributed by atoms with E-state index in [0.29, 0.717) is 18.8 Å². The highest BCUT2D eigenvalue weighted by atomic mass is 19.1. The van der Waals surface area contributed by atoms with Crippen LogP contribution in [0.2, 0.25) is 0 Å². The number of hydrogen-bond acceptors (Lipinski definition) is 1. The topological polar surface area (TPSA) is 12.5 Å². The van der Waals surface area contributed by atoms with Gasteiger partial charge in [-0.15, -0.1) is 0 Å². The predicted octanol–water partition coefficient (Wildman–Crippen LogP) is 9.76. The lowest BCUT2D eigenvalue weighted by Gasteiger charge is -2.43. The molecule has 1 saturated heterocycles. The highest BCUT2D eigenvalue weighted by molar-refractivity contribution is 5.23. The molecule has 3 unspecified atom stereocenters. The third kappa shape index (κ3) is 5.70. The fourth-order valence-corrected chi connectivity index (χ4v) is 8.55. The molecule has 0 amide bonds. The minimum atomic E-state index is -1.13. The zero-order valence-corrected chi connectivity index (χ0v) is 22.6. The standard InChI is InChI=1S/C31H54F2O/c1-4-6-8-10-20-30(3)31(34-30)28(32)21-27(22-29(31)33)26-18-16-25(17-19-26)24-14-12-23(13-15-24)11-9-7-5-2/h23-29H,4-22H2,1-3H3. The van der Waals surface area contributed by atoms with Crippen LogP contribution >= 0.6 is 0 Å². The van der Waals surface area contributed by atoms with Crippen LogP contribution in [0.1, 0.15) is 143 Å². The Bertz CT molecular complexity index is 595. The van der Waals surface area contributed by atoms with E-state index < -0.39 is 23.5 Å². The van der Waals surface area contributed by atoms with Crippen molar-refractivity contribution in [1.29, 1.82) is 0 Å². The molecule has 3 aliphatic carbocycles. The third-order valence-corrected chi connectivity index (χ3v) is 10.9. The molecule has 0 aromatic carbocycles. The van der Waals surface area contributed by atoms with Gasteiger partial charge < -0.3 is 4.74 Å². The number of alkyl halides is 2. The van der Waals surface area contributed by atoms with Gasteiger partial charge in [0.1, 0.15) is 17.9 Å². The van der Waals surface area contributed by atoms with E-state index >= 15 is 8.78 Å². The van der Waals surface area contributed by atoms with Gasteiger partial charge in [-0.2, -0.15) is 0 Å². The Morgan fingerprint density at radius 1 is 0.647 bits per heavy atom. The lowest BCUT2D eigenvalue weighted by molar-refractivity contribution is -0.0107. The molecule has 0 bridgehead atoms. The van der Waals surface area contributed by atoms with Crippen LogP contribution in [0, 0.1) is 29.6 Å². The summed E-state index contributed by atoms with van der Waals surface area (Å²) in [5.41, 5.74) is -1.69. The Morgan fingerprint density at radius 2 is 1.15 bits per heavy atom. The predicted molar refractivity (Wildman–Crippen MR) is 139 cm³/mol. The SMILES string of the molecule is CCCCCCC1(C)OC12C(F)CC(C1CCC(C3CCC(CCCCC)CC3)CC1)CC2F. The molecule has 34 heavy (non-hydrogen) atoms. The summed E-state index contributed by atoms with van der Waals surface area (Å²) in [6, 6.07) is 0. The molecule has 4 rings (SSSR count). The fourth-order valence-electron chi connectivity index (χ4n) is 8.55. The van der Waals surface area contributed by atoms with E-state index in [1.54, 1.807) is 0 Å². The summed E-state index contributed by atoms with van der Waals surface area (Å²) in [5.74, 6) is 3.54. The highest BCUT2D eigenvalue weighted by Gasteiger charge is 2.76. The molecule has 0 radical (unpaired) electrons. The first-order valence-electron chi connectivity index (χ1n) is 15.4. The molecule has 3 heteroatoms. The summed E-state index contributed by atoms with van der Waals surface area (Å²) in [6.45, 7) is 6.47. The summed E-state index contributed by atoms with van der Waals surface area (Å²) in [6.07, 6.45) is 20.6. The van der Waals surface area contributed by atoms with Crippen molar-refractivity contribution in [2.75, 3.05) is 0 Å². The van der Waals surface area contributed by atoms with E-state index in [-0.39, 0.29) is 5.92 Å². The molecule has 0 aromatic rings. The number of ether oxygens (including phenoxy) is 1. The van der Waals surface area contributed by atoms with Gasteiger partial charge in [-0.1, -0.05) is 78.1 Å². The fraction of sp³-hybridized carbons (Fsp3) is 1.00. The van der Waals surface area contributed by atoms with E-state index in [4.69, 9.17) is 4.74 Å². The lowest BCUT2D eigenvalue weighted by Crippen LogP contribution is -2.49. The number of unbranched alkanes of at least 4 members (excludes halogenated alkanes) is 5. The van der Waals surface area contributed by atoms with Gasteiger partial charge in [-0.3, -0.25) is 0 Å². The Kier molecular flexibility index (Phi) is 9.41. The average Bonchev–Trinajstić information content (AvgIpc) is 3.47. The summed E-state index contributed by atoms with van der Waals surface area (Å²) >= 11 is 0. The molecule has 1 heterocycles. The molecule has 198 valence electrons. The zero-order chi connectivity index (χ0) is 24.2. The normalized spacial score (nSPS) is 44.9. The quantitative estimate of drug-likeness (QED) is 0.212. The molecule has 1 aliphatic heterocycles. The van der Waals surface area contributed by atoms with E-state index in [1.807, 2.05) is 6.92 Å². The molecule has 4 aliphatic rings. The highest BCUT2D eigenvalue weighted by Crippen LogP contribution is 2.62. The number of epoxide rings is 1. The van der Waals surface area contributed by atoms with Crippen molar-refractivity contribution in [3.8, 4) is 0 Å². The van der Waals surface area contributed by atoms with E-state index in [9.17, 15) is 0 Å². The van der Waals surface area contributed by atoms with Gasteiger partial charge >= 0.3 is 0 Å². The second-order valence-corrected chi connectivity index (χ2v) is 13.1. The summed E-state index contributed by atoms with van der Waals surface area (Å²) < 4.78 is 37.0. The average molecular weight is 481 g/mol. The van der Waals surface area contributed by atoms with Crippen LogP contribution in [-0.2, 0) is 4.74 Å².